The quantitative estimate of drug-likeness (QED) is 0.836. The monoisotopic (exact) mass is 401 g/mol. The van der Waals surface area contributed by atoms with Gasteiger partial charge in [0, 0.05) is 32.0 Å². The van der Waals surface area contributed by atoms with Crippen LogP contribution in [-0.2, 0) is 21.2 Å². The Balaban J connectivity index is 1.77. The van der Waals surface area contributed by atoms with Gasteiger partial charge in [0.05, 0.1) is 11.4 Å². The Kier molecular flexibility index (Phi) is 5.76. The number of hydrogen-bond acceptors (Lipinski definition) is 4. The maximum Gasteiger partial charge on any atom is 0.243 e. The number of sulfonamides is 1. The van der Waals surface area contributed by atoms with Crippen LogP contribution in [0.4, 0.5) is 11.4 Å². The van der Waals surface area contributed by atoms with Crippen molar-refractivity contribution >= 4 is 27.3 Å². The van der Waals surface area contributed by atoms with Gasteiger partial charge in [-0.2, -0.15) is 0 Å². The molecule has 0 aromatic heterocycles. The average Bonchev–Trinajstić information content (AvgIpc) is 2.63. The third-order valence-electron chi connectivity index (χ3n) is 5.01. The van der Waals surface area contributed by atoms with E-state index in [1.807, 2.05) is 0 Å². The topological polar surface area (TPSA) is 69.7 Å². The molecule has 7 heteroatoms. The predicted octanol–water partition coefficient (Wildman–Crippen LogP) is 2.95. The van der Waals surface area contributed by atoms with Crippen molar-refractivity contribution in [1.29, 1.82) is 0 Å². The first kappa shape index (κ1) is 20.4. The summed E-state index contributed by atoms with van der Waals surface area (Å²) in [5, 5.41) is 2.85. The lowest BCUT2D eigenvalue weighted by Gasteiger charge is -2.31. The van der Waals surface area contributed by atoms with E-state index in [1.54, 1.807) is 19.1 Å². The third kappa shape index (κ3) is 4.20. The SMILES string of the molecule is Cc1ccc2c(c1)CCCN2CC(=O)Nc1ccc(C)c(S(=O)(=O)N(C)C)c1. The molecule has 0 fully saturated rings. The van der Waals surface area contributed by atoms with Crippen LogP contribution in [0.25, 0.3) is 0 Å². The summed E-state index contributed by atoms with van der Waals surface area (Å²) in [7, 11) is -0.574. The molecule has 0 spiro atoms. The van der Waals surface area contributed by atoms with Crippen molar-refractivity contribution in [1.82, 2.24) is 4.31 Å². The Morgan fingerprint density at radius 2 is 1.89 bits per heavy atom. The van der Waals surface area contributed by atoms with Crippen LogP contribution in [0.1, 0.15) is 23.1 Å². The molecule has 1 heterocycles. The smallest absolute Gasteiger partial charge is 0.243 e. The molecular weight excluding hydrogens is 374 g/mol. The lowest BCUT2D eigenvalue weighted by atomic mass is 9.99. The lowest BCUT2D eigenvalue weighted by molar-refractivity contribution is -0.115. The van der Waals surface area contributed by atoms with Crippen molar-refractivity contribution in [3.63, 3.8) is 0 Å². The highest BCUT2D eigenvalue weighted by molar-refractivity contribution is 7.89. The first-order valence-corrected chi connectivity index (χ1v) is 10.8. The van der Waals surface area contributed by atoms with Gasteiger partial charge in [-0.1, -0.05) is 23.8 Å². The van der Waals surface area contributed by atoms with Crippen molar-refractivity contribution in [2.75, 3.05) is 37.4 Å². The number of aryl methyl sites for hydroxylation is 3. The molecule has 0 aliphatic carbocycles. The number of rotatable bonds is 5. The zero-order valence-electron chi connectivity index (χ0n) is 16.8. The van der Waals surface area contributed by atoms with Gasteiger partial charge in [0.2, 0.25) is 15.9 Å². The predicted molar refractivity (Wildman–Crippen MR) is 112 cm³/mol. The van der Waals surface area contributed by atoms with Gasteiger partial charge < -0.3 is 10.2 Å². The largest absolute Gasteiger partial charge is 0.362 e. The van der Waals surface area contributed by atoms with Crippen molar-refractivity contribution < 1.29 is 13.2 Å². The first-order valence-electron chi connectivity index (χ1n) is 9.36. The summed E-state index contributed by atoms with van der Waals surface area (Å²) >= 11 is 0. The van der Waals surface area contributed by atoms with E-state index in [0.29, 0.717) is 11.3 Å². The zero-order valence-corrected chi connectivity index (χ0v) is 17.6. The normalized spacial score (nSPS) is 14.1. The fraction of sp³-hybridized carbons (Fsp3) is 0.381. The maximum atomic E-state index is 12.6. The van der Waals surface area contributed by atoms with Gasteiger partial charge in [0.15, 0.2) is 0 Å². The second kappa shape index (κ2) is 7.93. The van der Waals surface area contributed by atoms with E-state index in [2.05, 4.69) is 35.3 Å². The van der Waals surface area contributed by atoms with E-state index < -0.39 is 10.0 Å². The Morgan fingerprint density at radius 3 is 2.61 bits per heavy atom. The molecule has 0 saturated heterocycles. The molecule has 6 nitrogen and oxygen atoms in total. The van der Waals surface area contributed by atoms with E-state index in [1.165, 1.54) is 35.6 Å². The molecule has 3 rings (SSSR count). The standard InChI is InChI=1S/C21H27N3O3S/c1-15-7-10-19-17(12-15)6-5-11-24(19)14-21(25)22-18-9-8-16(2)20(13-18)28(26,27)23(3)4/h7-10,12-13H,5-6,11,14H2,1-4H3,(H,22,25). The molecule has 28 heavy (non-hydrogen) atoms. The summed E-state index contributed by atoms with van der Waals surface area (Å²) in [6.45, 7) is 4.88. The Bertz CT molecular complexity index is 1000. The van der Waals surface area contributed by atoms with Crippen LogP contribution < -0.4 is 10.2 Å². The number of anilines is 2. The summed E-state index contributed by atoms with van der Waals surface area (Å²) in [6, 6.07) is 11.3. The fourth-order valence-electron chi connectivity index (χ4n) is 3.49. The maximum absolute atomic E-state index is 12.6. The van der Waals surface area contributed by atoms with Gasteiger partial charge in [-0.05, 0) is 56.0 Å². The van der Waals surface area contributed by atoms with Crippen molar-refractivity contribution in [2.24, 2.45) is 0 Å². The van der Waals surface area contributed by atoms with Crippen LogP contribution in [0.5, 0.6) is 0 Å². The number of carbonyl (C=O) groups excluding carboxylic acids is 1. The number of hydrogen-bond donors (Lipinski definition) is 1. The van der Waals surface area contributed by atoms with Gasteiger partial charge in [0.1, 0.15) is 0 Å². The molecule has 2 aromatic carbocycles. The number of fused-ring (bicyclic) bond motifs is 1. The van der Waals surface area contributed by atoms with Gasteiger partial charge in [-0.15, -0.1) is 0 Å². The molecular formula is C21H27N3O3S. The van der Waals surface area contributed by atoms with Crippen molar-refractivity contribution in [3.05, 3.63) is 53.1 Å². The van der Waals surface area contributed by atoms with Crippen LogP contribution in [0, 0.1) is 13.8 Å². The minimum atomic E-state index is -3.57. The summed E-state index contributed by atoms with van der Waals surface area (Å²) < 4.78 is 26.1. The molecule has 0 radical (unpaired) electrons. The van der Waals surface area contributed by atoms with E-state index in [9.17, 15) is 13.2 Å². The summed E-state index contributed by atoms with van der Waals surface area (Å²) in [4.78, 5) is 14.9. The van der Waals surface area contributed by atoms with Gasteiger partial charge in [0.25, 0.3) is 0 Å². The second-order valence-corrected chi connectivity index (χ2v) is 9.59. The highest BCUT2D eigenvalue weighted by Gasteiger charge is 2.22. The molecule has 0 bridgehead atoms. The number of amides is 1. The van der Waals surface area contributed by atoms with E-state index >= 15 is 0 Å². The van der Waals surface area contributed by atoms with Crippen LogP contribution in [0.3, 0.4) is 0 Å². The Labute approximate surface area is 167 Å². The highest BCUT2D eigenvalue weighted by atomic mass is 32.2. The minimum absolute atomic E-state index is 0.162. The molecule has 0 unspecified atom stereocenters. The van der Waals surface area contributed by atoms with Crippen molar-refractivity contribution in [3.8, 4) is 0 Å². The number of nitrogens with one attached hydrogen (secondary N) is 1. The molecule has 2 aromatic rings. The molecule has 1 aliphatic heterocycles. The summed E-state index contributed by atoms with van der Waals surface area (Å²) in [5.41, 5.74) is 4.73. The second-order valence-electron chi connectivity index (χ2n) is 7.47. The molecule has 1 aliphatic rings. The average molecular weight is 402 g/mol. The number of benzene rings is 2. The number of nitrogens with zero attached hydrogens (tertiary/aromatic N) is 2. The van der Waals surface area contributed by atoms with Crippen LogP contribution >= 0.6 is 0 Å². The summed E-state index contributed by atoms with van der Waals surface area (Å²) in [5.74, 6) is -0.162. The molecule has 1 N–H and O–H groups in total. The van der Waals surface area contributed by atoms with Gasteiger partial charge >= 0.3 is 0 Å². The lowest BCUT2D eigenvalue weighted by Crippen LogP contribution is -2.36. The molecule has 150 valence electrons. The molecule has 0 saturated carbocycles. The van der Waals surface area contributed by atoms with E-state index in [-0.39, 0.29) is 17.3 Å². The zero-order chi connectivity index (χ0) is 20.5. The minimum Gasteiger partial charge on any atom is -0.362 e. The summed E-state index contributed by atoms with van der Waals surface area (Å²) in [6.07, 6.45) is 2.04. The van der Waals surface area contributed by atoms with E-state index in [4.69, 9.17) is 0 Å². The molecule has 1 amide bonds. The molecule has 0 atom stereocenters. The third-order valence-corrected chi connectivity index (χ3v) is 6.97. The van der Waals surface area contributed by atoms with Crippen LogP contribution in [0.15, 0.2) is 41.3 Å². The van der Waals surface area contributed by atoms with Gasteiger partial charge in [-0.3, -0.25) is 4.79 Å². The number of carbonyl (C=O) groups is 1. The van der Waals surface area contributed by atoms with Gasteiger partial charge in [-0.25, -0.2) is 12.7 Å². The first-order chi connectivity index (χ1) is 13.2. The van der Waals surface area contributed by atoms with Crippen LogP contribution in [0.2, 0.25) is 0 Å². The van der Waals surface area contributed by atoms with Crippen molar-refractivity contribution in [2.45, 2.75) is 31.6 Å². The Hall–Kier alpha value is -2.38. The van der Waals surface area contributed by atoms with Crippen LogP contribution in [-0.4, -0.2) is 45.8 Å². The fourth-order valence-corrected chi connectivity index (χ4v) is 4.64. The van der Waals surface area contributed by atoms with E-state index in [0.717, 1.165) is 25.1 Å². The highest BCUT2D eigenvalue weighted by Crippen LogP contribution is 2.28. The Morgan fingerprint density at radius 1 is 1.14 bits per heavy atom.